The summed E-state index contributed by atoms with van der Waals surface area (Å²) in [5.74, 6) is 5.21. The number of thiazole rings is 1. The first kappa shape index (κ1) is 13.3. The average Bonchev–Trinajstić information content (AvgIpc) is 2.74. The van der Waals surface area contributed by atoms with Crippen molar-refractivity contribution >= 4 is 48.1 Å². The van der Waals surface area contributed by atoms with E-state index in [1.54, 1.807) is 12.1 Å². The molecule has 1 aromatic carbocycles. The standard InChI is InChI=1S/C9H9BrN4O2S2/c10-8-5-12-9(17-8)14-18(15,16)7-3-1-6(13-11)2-4-7/h1-5,13H,11H2,(H,12,14). The van der Waals surface area contributed by atoms with Gasteiger partial charge in [-0.1, -0.05) is 11.3 Å². The molecule has 0 atom stereocenters. The van der Waals surface area contributed by atoms with Gasteiger partial charge in [-0.25, -0.2) is 13.4 Å². The second-order valence-corrected chi connectivity index (χ2v) is 7.34. The predicted molar refractivity (Wildman–Crippen MR) is 74.9 cm³/mol. The molecule has 0 bridgehead atoms. The zero-order valence-electron chi connectivity index (χ0n) is 8.92. The zero-order valence-corrected chi connectivity index (χ0v) is 12.1. The smallest absolute Gasteiger partial charge is 0.263 e. The fourth-order valence-corrected chi connectivity index (χ4v) is 3.55. The van der Waals surface area contributed by atoms with Crippen LogP contribution in [0, 0.1) is 0 Å². The van der Waals surface area contributed by atoms with Gasteiger partial charge in [0.2, 0.25) is 0 Å². The number of nitrogens with zero attached hydrogens (tertiary/aromatic N) is 1. The first-order valence-electron chi connectivity index (χ1n) is 4.72. The molecule has 0 spiro atoms. The van der Waals surface area contributed by atoms with E-state index >= 15 is 0 Å². The maximum atomic E-state index is 12.0. The van der Waals surface area contributed by atoms with Gasteiger partial charge in [-0.2, -0.15) is 0 Å². The van der Waals surface area contributed by atoms with Crippen LogP contribution in [0.15, 0.2) is 39.1 Å². The SMILES string of the molecule is NNc1ccc(S(=O)(=O)Nc2ncc(Br)s2)cc1. The molecule has 0 amide bonds. The van der Waals surface area contributed by atoms with Crippen LogP contribution in [0.5, 0.6) is 0 Å². The molecule has 2 aromatic rings. The van der Waals surface area contributed by atoms with Crippen LogP contribution in [-0.2, 0) is 10.0 Å². The van der Waals surface area contributed by atoms with Gasteiger partial charge in [0.1, 0.15) is 0 Å². The molecule has 96 valence electrons. The number of hydrogen-bond donors (Lipinski definition) is 3. The molecule has 0 saturated heterocycles. The Bertz CT molecular complexity index is 639. The summed E-state index contributed by atoms with van der Waals surface area (Å²) in [6.07, 6.45) is 1.53. The van der Waals surface area contributed by atoms with E-state index in [2.05, 4.69) is 31.1 Å². The molecule has 6 nitrogen and oxygen atoms in total. The lowest BCUT2D eigenvalue weighted by molar-refractivity contribution is 0.601. The van der Waals surface area contributed by atoms with Gasteiger partial charge < -0.3 is 5.43 Å². The van der Waals surface area contributed by atoms with Crippen molar-refractivity contribution in [2.75, 3.05) is 10.1 Å². The molecule has 1 heterocycles. The Morgan fingerprint density at radius 1 is 1.28 bits per heavy atom. The first-order valence-corrected chi connectivity index (χ1v) is 7.81. The van der Waals surface area contributed by atoms with Crippen molar-refractivity contribution in [2.24, 2.45) is 5.84 Å². The molecule has 2 rings (SSSR count). The third-order valence-electron chi connectivity index (χ3n) is 2.03. The lowest BCUT2D eigenvalue weighted by atomic mass is 10.3. The van der Waals surface area contributed by atoms with Crippen LogP contribution in [0.3, 0.4) is 0 Å². The molecule has 4 N–H and O–H groups in total. The molecular weight excluding hydrogens is 340 g/mol. The molecule has 1 aromatic heterocycles. The Hall–Kier alpha value is -1.16. The molecule has 0 unspecified atom stereocenters. The van der Waals surface area contributed by atoms with Gasteiger partial charge in [0.05, 0.1) is 14.9 Å². The number of nitrogens with two attached hydrogens (primary N) is 1. The van der Waals surface area contributed by atoms with Crippen LogP contribution in [-0.4, -0.2) is 13.4 Å². The highest BCUT2D eigenvalue weighted by molar-refractivity contribution is 9.11. The summed E-state index contributed by atoms with van der Waals surface area (Å²) in [7, 11) is -3.62. The van der Waals surface area contributed by atoms with Crippen molar-refractivity contribution in [1.29, 1.82) is 0 Å². The van der Waals surface area contributed by atoms with E-state index in [4.69, 9.17) is 5.84 Å². The van der Waals surface area contributed by atoms with E-state index in [-0.39, 0.29) is 4.90 Å². The number of nitrogen functional groups attached to an aromatic ring is 1. The molecular formula is C9H9BrN4O2S2. The van der Waals surface area contributed by atoms with Crippen LogP contribution in [0.25, 0.3) is 0 Å². The minimum atomic E-state index is -3.62. The number of hydrazine groups is 1. The number of benzene rings is 1. The van der Waals surface area contributed by atoms with E-state index in [1.807, 2.05) is 0 Å². The van der Waals surface area contributed by atoms with Gasteiger partial charge in [0, 0.05) is 5.69 Å². The predicted octanol–water partition coefficient (Wildman–Crippen LogP) is 1.99. The van der Waals surface area contributed by atoms with Gasteiger partial charge >= 0.3 is 0 Å². The topological polar surface area (TPSA) is 97.1 Å². The maximum absolute atomic E-state index is 12.0. The molecule has 18 heavy (non-hydrogen) atoms. The molecule has 0 aliphatic heterocycles. The molecule has 0 aliphatic carbocycles. The Kier molecular flexibility index (Phi) is 3.85. The van der Waals surface area contributed by atoms with Crippen LogP contribution in [0.4, 0.5) is 10.8 Å². The monoisotopic (exact) mass is 348 g/mol. The highest BCUT2D eigenvalue weighted by Crippen LogP contribution is 2.25. The largest absolute Gasteiger partial charge is 0.324 e. The Balaban J connectivity index is 2.24. The summed E-state index contributed by atoms with van der Waals surface area (Å²) >= 11 is 4.41. The second kappa shape index (κ2) is 5.22. The van der Waals surface area contributed by atoms with Crippen molar-refractivity contribution in [3.8, 4) is 0 Å². The summed E-state index contributed by atoms with van der Waals surface area (Å²) in [5.41, 5.74) is 3.06. The number of rotatable bonds is 4. The number of aromatic nitrogens is 1. The number of sulfonamides is 1. The summed E-state index contributed by atoms with van der Waals surface area (Å²) in [4.78, 5) is 4.06. The van der Waals surface area contributed by atoms with Gasteiger partial charge in [-0.15, -0.1) is 0 Å². The van der Waals surface area contributed by atoms with Crippen LogP contribution < -0.4 is 16.0 Å². The summed E-state index contributed by atoms with van der Waals surface area (Å²) in [6, 6.07) is 6.07. The van der Waals surface area contributed by atoms with E-state index in [0.29, 0.717) is 10.8 Å². The van der Waals surface area contributed by atoms with E-state index < -0.39 is 10.0 Å². The van der Waals surface area contributed by atoms with Crippen molar-refractivity contribution in [2.45, 2.75) is 4.90 Å². The average molecular weight is 349 g/mol. The minimum absolute atomic E-state index is 0.146. The Labute approximate surface area is 116 Å². The second-order valence-electron chi connectivity index (χ2n) is 3.24. The molecule has 0 saturated carbocycles. The lowest BCUT2D eigenvalue weighted by Gasteiger charge is -2.06. The van der Waals surface area contributed by atoms with Crippen molar-refractivity contribution in [3.63, 3.8) is 0 Å². The summed E-state index contributed by atoms with van der Waals surface area (Å²) in [6.45, 7) is 0. The van der Waals surface area contributed by atoms with Crippen molar-refractivity contribution in [3.05, 3.63) is 34.2 Å². The lowest BCUT2D eigenvalue weighted by Crippen LogP contribution is -2.13. The fourth-order valence-electron chi connectivity index (χ4n) is 1.21. The van der Waals surface area contributed by atoms with Crippen molar-refractivity contribution < 1.29 is 8.42 Å². The molecule has 0 aliphatic rings. The number of nitrogens with one attached hydrogen (secondary N) is 2. The summed E-state index contributed by atoms with van der Waals surface area (Å²) in [5, 5.41) is 0.308. The molecule has 0 fully saturated rings. The fraction of sp³-hybridized carbons (Fsp3) is 0. The van der Waals surface area contributed by atoms with Crippen LogP contribution in [0.1, 0.15) is 0 Å². The first-order chi connectivity index (χ1) is 8.51. The van der Waals surface area contributed by atoms with E-state index in [9.17, 15) is 8.42 Å². The van der Waals surface area contributed by atoms with Gasteiger partial charge in [-0.3, -0.25) is 10.6 Å². The van der Waals surface area contributed by atoms with E-state index in [1.165, 1.54) is 29.7 Å². The summed E-state index contributed by atoms with van der Waals surface area (Å²) < 4.78 is 27.1. The van der Waals surface area contributed by atoms with Crippen LogP contribution in [0.2, 0.25) is 0 Å². The minimum Gasteiger partial charge on any atom is -0.324 e. The Morgan fingerprint density at radius 2 is 1.94 bits per heavy atom. The maximum Gasteiger partial charge on any atom is 0.263 e. The Morgan fingerprint density at radius 3 is 2.44 bits per heavy atom. The van der Waals surface area contributed by atoms with Gasteiger partial charge in [-0.05, 0) is 40.2 Å². The zero-order chi connectivity index (χ0) is 13.2. The van der Waals surface area contributed by atoms with Crippen LogP contribution >= 0.6 is 27.3 Å². The van der Waals surface area contributed by atoms with Crippen molar-refractivity contribution in [1.82, 2.24) is 4.98 Å². The number of anilines is 2. The normalized spacial score (nSPS) is 11.2. The third kappa shape index (κ3) is 2.99. The van der Waals surface area contributed by atoms with Gasteiger partial charge in [0.25, 0.3) is 10.0 Å². The molecule has 0 radical (unpaired) electrons. The van der Waals surface area contributed by atoms with E-state index in [0.717, 1.165) is 3.79 Å². The van der Waals surface area contributed by atoms with Gasteiger partial charge in [0.15, 0.2) is 5.13 Å². The molecule has 9 heteroatoms. The number of hydrogen-bond acceptors (Lipinski definition) is 6. The highest BCUT2D eigenvalue weighted by atomic mass is 79.9. The number of halogens is 1. The third-order valence-corrected chi connectivity index (χ3v) is 4.91. The highest BCUT2D eigenvalue weighted by Gasteiger charge is 2.15. The quantitative estimate of drug-likeness (QED) is 0.579.